The zero-order chi connectivity index (χ0) is 17.9. The minimum absolute atomic E-state index is 0.0511. The number of alkyl halides is 2. The Labute approximate surface area is 148 Å². The predicted molar refractivity (Wildman–Crippen MR) is 94.9 cm³/mol. The Morgan fingerprint density at radius 2 is 1.72 bits per heavy atom. The van der Waals surface area contributed by atoms with Crippen LogP contribution in [0.25, 0.3) is 0 Å². The molecule has 0 bridgehead atoms. The quantitative estimate of drug-likeness (QED) is 0.872. The van der Waals surface area contributed by atoms with Crippen molar-refractivity contribution in [2.75, 3.05) is 19.6 Å². The zero-order valence-corrected chi connectivity index (χ0v) is 14.9. The molecule has 1 aromatic carbocycles. The van der Waals surface area contributed by atoms with Gasteiger partial charge in [0.25, 0.3) is 0 Å². The van der Waals surface area contributed by atoms with Gasteiger partial charge in [-0.05, 0) is 57.2 Å². The summed E-state index contributed by atoms with van der Waals surface area (Å²) in [6.45, 7) is 4.18. The van der Waals surface area contributed by atoms with Crippen molar-refractivity contribution in [3.05, 3.63) is 35.4 Å². The lowest BCUT2D eigenvalue weighted by Crippen LogP contribution is -2.51. The number of benzene rings is 1. The topological polar surface area (TPSA) is 41.1 Å². The van der Waals surface area contributed by atoms with E-state index < -0.39 is 11.3 Å². The average Bonchev–Trinajstić information content (AvgIpc) is 2.61. The summed E-state index contributed by atoms with van der Waals surface area (Å²) >= 11 is 0. The second kappa shape index (κ2) is 7.40. The third-order valence-corrected chi connectivity index (χ3v) is 5.88. The molecule has 2 fully saturated rings. The maximum absolute atomic E-state index is 13.3. The third-order valence-electron chi connectivity index (χ3n) is 5.88. The van der Waals surface area contributed by atoms with E-state index in [2.05, 4.69) is 34.9 Å². The van der Waals surface area contributed by atoms with Gasteiger partial charge in [-0.25, -0.2) is 8.78 Å². The Morgan fingerprint density at radius 1 is 1.12 bits per heavy atom. The number of hydrogen-bond donors (Lipinski definition) is 2. The van der Waals surface area contributed by atoms with E-state index in [1.807, 2.05) is 6.92 Å². The van der Waals surface area contributed by atoms with Crippen molar-refractivity contribution < 1.29 is 13.6 Å². The lowest BCUT2D eigenvalue weighted by Gasteiger charge is -2.37. The molecule has 25 heavy (non-hydrogen) atoms. The van der Waals surface area contributed by atoms with Gasteiger partial charge in [0.1, 0.15) is 0 Å². The van der Waals surface area contributed by atoms with Gasteiger partial charge in [-0.3, -0.25) is 4.79 Å². The van der Waals surface area contributed by atoms with Crippen LogP contribution in [0.1, 0.15) is 49.7 Å². The number of carbonyl (C=O) groups excluding carboxylic acids is 1. The van der Waals surface area contributed by atoms with Gasteiger partial charge >= 0.3 is 0 Å². The van der Waals surface area contributed by atoms with Gasteiger partial charge < -0.3 is 10.6 Å². The normalized spacial score (nSPS) is 23.2. The highest BCUT2D eigenvalue weighted by molar-refractivity contribution is 5.88. The number of aryl methyl sites for hydroxylation is 1. The molecule has 1 aliphatic heterocycles. The Hall–Kier alpha value is -1.49. The smallest absolute Gasteiger partial charge is 0.248 e. The van der Waals surface area contributed by atoms with Gasteiger partial charge in [0.05, 0.1) is 5.41 Å². The first-order chi connectivity index (χ1) is 11.9. The second-order valence-electron chi connectivity index (χ2n) is 7.71. The predicted octanol–water partition coefficient (Wildman–Crippen LogP) is 3.56. The first kappa shape index (κ1) is 18.3. The summed E-state index contributed by atoms with van der Waals surface area (Å²) < 4.78 is 26.6. The fourth-order valence-corrected chi connectivity index (χ4v) is 4.08. The van der Waals surface area contributed by atoms with Gasteiger partial charge in [-0.2, -0.15) is 0 Å². The first-order valence-corrected chi connectivity index (χ1v) is 9.35. The molecule has 3 rings (SSSR count). The Morgan fingerprint density at radius 3 is 2.32 bits per heavy atom. The van der Waals surface area contributed by atoms with Crippen LogP contribution in [0.3, 0.4) is 0 Å². The molecule has 0 aromatic heterocycles. The maximum atomic E-state index is 13.3. The number of rotatable bonds is 4. The molecule has 0 spiro atoms. The lowest BCUT2D eigenvalue weighted by atomic mass is 9.72. The van der Waals surface area contributed by atoms with Crippen molar-refractivity contribution in [1.29, 1.82) is 0 Å². The van der Waals surface area contributed by atoms with Gasteiger partial charge in [0.2, 0.25) is 11.8 Å². The van der Waals surface area contributed by atoms with Crippen molar-refractivity contribution in [3.63, 3.8) is 0 Å². The summed E-state index contributed by atoms with van der Waals surface area (Å²) in [6, 6.07) is 8.22. The van der Waals surface area contributed by atoms with Crippen LogP contribution < -0.4 is 10.6 Å². The van der Waals surface area contributed by atoms with E-state index in [-0.39, 0.29) is 24.7 Å². The van der Waals surface area contributed by atoms with Crippen LogP contribution in [-0.2, 0) is 10.2 Å². The van der Waals surface area contributed by atoms with Crippen molar-refractivity contribution in [1.82, 2.24) is 10.6 Å². The summed E-state index contributed by atoms with van der Waals surface area (Å²) in [4.78, 5) is 13.1. The van der Waals surface area contributed by atoms with E-state index in [1.165, 1.54) is 5.56 Å². The Bertz CT molecular complexity index is 584. The molecule has 1 saturated heterocycles. The third kappa shape index (κ3) is 4.20. The molecule has 1 heterocycles. The molecule has 2 N–H and O–H groups in total. The molecule has 0 atom stereocenters. The molecule has 2 aliphatic rings. The van der Waals surface area contributed by atoms with E-state index in [1.54, 1.807) is 0 Å². The number of amides is 1. The van der Waals surface area contributed by atoms with E-state index in [9.17, 15) is 13.6 Å². The number of carbonyl (C=O) groups is 1. The molecule has 3 nitrogen and oxygen atoms in total. The van der Waals surface area contributed by atoms with E-state index in [0.717, 1.165) is 31.5 Å². The number of hydrogen-bond acceptors (Lipinski definition) is 2. The Kier molecular flexibility index (Phi) is 5.42. The van der Waals surface area contributed by atoms with Crippen molar-refractivity contribution in [3.8, 4) is 0 Å². The van der Waals surface area contributed by atoms with Crippen LogP contribution in [0, 0.1) is 12.8 Å². The minimum Gasteiger partial charge on any atom is -0.355 e. The highest BCUT2D eigenvalue weighted by Crippen LogP contribution is 2.37. The van der Waals surface area contributed by atoms with Gasteiger partial charge in [-0.15, -0.1) is 0 Å². The monoisotopic (exact) mass is 350 g/mol. The van der Waals surface area contributed by atoms with Crippen molar-refractivity contribution >= 4 is 5.91 Å². The van der Waals surface area contributed by atoms with Crippen LogP contribution in [0.15, 0.2) is 24.3 Å². The standard InChI is InChI=1S/C20H28F2N2O/c1-15-2-4-17(5-3-15)19(10-12-23-13-11-19)18(25)24-14-16-6-8-20(21,22)9-7-16/h2-5,16,23H,6-14H2,1H3,(H,24,25). The Balaban J connectivity index is 1.67. The van der Waals surface area contributed by atoms with Crippen LogP contribution in [0.5, 0.6) is 0 Å². The van der Waals surface area contributed by atoms with Crippen LogP contribution in [-0.4, -0.2) is 31.5 Å². The fraction of sp³-hybridized carbons (Fsp3) is 0.650. The molecule has 0 unspecified atom stereocenters. The number of nitrogens with one attached hydrogen (secondary N) is 2. The molecular weight excluding hydrogens is 322 g/mol. The number of halogens is 2. The van der Waals surface area contributed by atoms with Crippen LogP contribution in [0.4, 0.5) is 8.78 Å². The van der Waals surface area contributed by atoms with Gasteiger partial charge in [-0.1, -0.05) is 29.8 Å². The van der Waals surface area contributed by atoms with E-state index in [4.69, 9.17) is 0 Å². The number of piperidine rings is 1. The summed E-state index contributed by atoms with van der Waals surface area (Å²) in [5.74, 6) is -2.30. The molecular formula is C20H28F2N2O. The molecule has 0 radical (unpaired) electrons. The first-order valence-electron chi connectivity index (χ1n) is 9.35. The van der Waals surface area contributed by atoms with Gasteiger partial charge in [0, 0.05) is 19.4 Å². The van der Waals surface area contributed by atoms with Crippen LogP contribution in [0.2, 0.25) is 0 Å². The summed E-state index contributed by atoms with van der Waals surface area (Å²) in [6.07, 6.45) is 2.41. The largest absolute Gasteiger partial charge is 0.355 e. The fourth-order valence-electron chi connectivity index (χ4n) is 4.08. The minimum atomic E-state index is -2.52. The molecule has 1 aromatic rings. The summed E-state index contributed by atoms with van der Waals surface area (Å²) in [5, 5.41) is 6.42. The average molecular weight is 350 g/mol. The molecule has 138 valence electrons. The van der Waals surface area contributed by atoms with E-state index in [0.29, 0.717) is 19.4 Å². The molecule has 1 aliphatic carbocycles. The molecule has 1 saturated carbocycles. The van der Waals surface area contributed by atoms with E-state index >= 15 is 0 Å². The van der Waals surface area contributed by atoms with Crippen LogP contribution >= 0.6 is 0 Å². The highest BCUT2D eigenvalue weighted by atomic mass is 19.3. The molecule has 5 heteroatoms. The SMILES string of the molecule is Cc1ccc(C2(C(=O)NCC3CCC(F)(F)CC3)CCNCC2)cc1. The zero-order valence-electron chi connectivity index (χ0n) is 14.9. The second-order valence-corrected chi connectivity index (χ2v) is 7.71. The maximum Gasteiger partial charge on any atom is 0.248 e. The van der Waals surface area contributed by atoms with Gasteiger partial charge in [0.15, 0.2) is 0 Å². The highest BCUT2D eigenvalue weighted by Gasteiger charge is 2.41. The lowest BCUT2D eigenvalue weighted by molar-refractivity contribution is -0.128. The van der Waals surface area contributed by atoms with Crippen molar-refractivity contribution in [2.24, 2.45) is 5.92 Å². The molecule has 1 amide bonds. The summed E-state index contributed by atoms with van der Waals surface area (Å²) in [7, 11) is 0. The van der Waals surface area contributed by atoms with Crippen molar-refractivity contribution in [2.45, 2.75) is 56.8 Å². The summed E-state index contributed by atoms with van der Waals surface area (Å²) in [5.41, 5.74) is 1.74.